The van der Waals surface area contributed by atoms with Crippen molar-refractivity contribution >= 4 is 33.7 Å². The van der Waals surface area contributed by atoms with Crippen LogP contribution >= 0.6 is 0 Å². The molecule has 2 atom stereocenters. The Labute approximate surface area is 229 Å². The van der Waals surface area contributed by atoms with Gasteiger partial charge < -0.3 is 35.5 Å². The maximum Gasteiger partial charge on any atom is 0.222 e. The average Bonchev–Trinajstić information content (AvgIpc) is 3.56. The predicted molar refractivity (Wildman–Crippen MR) is 156 cm³/mol. The van der Waals surface area contributed by atoms with E-state index in [9.17, 15) is 5.11 Å². The first-order valence-corrected chi connectivity index (χ1v) is 14.0. The molecule has 9 heteroatoms. The molecule has 1 fully saturated rings. The highest BCUT2D eigenvalue weighted by molar-refractivity contribution is 6.09. The molecular formula is C30H40N6O3. The molecule has 3 heterocycles. The number of methoxy groups -OCH3 is 1. The molecule has 0 unspecified atom stereocenters. The fraction of sp³-hybridized carbons (Fsp3) is 0.467. The SMILES string of the molecule is CCC[C@@H](CCO)Nc1nc(N)nc2c3ccccc3n(Cc3cc(CNC[C@H]4CCOC4)ccc3OC)c12. The molecule has 5 rings (SSSR count). The van der Waals surface area contributed by atoms with Crippen molar-refractivity contribution < 1.29 is 14.6 Å². The number of anilines is 2. The smallest absolute Gasteiger partial charge is 0.222 e. The van der Waals surface area contributed by atoms with Crippen molar-refractivity contribution in [3.8, 4) is 5.75 Å². The molecule has 5 N–H and O–H groups in total. The summed E-state index contributed by atoms with van der Waals surface area (Å²) in [4.78, 5) is 9.31. The summed E-state index contributed by atoms with van der Waals surface area (Å²) < 4.78 is 13.6. The van der Waals surface area contributed by atoms with Gasteiger partial charge in [0.25, 0.3) is 0 Å². The van der Waals surface area contributed by atoms with Crippen LogP contribution in [0, 0.1) is 5.92 Å². The van der Waals surface area contributed by atoms with E-state index in [4.69, 9.17) is 15.2 Å². The molecule has 1 aliphatic rings. The van der Waals surface area contributed by atoms with Gasteiger partial charge in [0, 0.05) is 43.3 Å². The summed E-state index contributed by atoms with van der Waals surface area (Å²) in [6, 6.07) is 14.7. The van der Waals surface area contributed by atoms with Crippen LogP contribution in [0.4, 0.5) is 11.8 Å². The molecule has 1 saturated heterocycles. The van der Waals surface area contributed by atoms with E-state index < -0.39 is 0 Å². The fourth-order valence-electron chi connectivity index (χ4n) is 5.60. The Morgan fingerprint density at radius 2 is 2.08 bits per heavy atom. The second-order valence-corrected chi connectivity index (χ2v) is 10.4. The van der Waals surface area contributed by atoms with Gasteiger partial charge >= 0.3 is 0 Å². The Hall–Kier alpha value is -3.40. The number of nitrogens with zero attached hydrogens (tertiary/aromatic N) is 3. The van der Waals surface area contributed by atoms with Crippen LogP contribution in [0.1, 0.15) is 43.7 Å². The lowest BCUT2D eigenvalue weighted by Gasteiger charge is -2.20. The zero-order valence-corrected chi connectivity index (χ0v) is 22.9. The molecule has 208 valence electrons. The van der Waals surface area contributed by atoms with Crippen molar-refractivity contribution in [3.63, 3.8) is 0 Å². The number of hydrogen-bond donors (Lipinski definition) is 4. The summed E-state index contributed by atoms with van der Waals surface area (Å²) in [5, 5.41) is 17.9. The third-order valence-electron chi connectivity index (χ3n) is 7.54. The monoisotopic (exact) mass is 532 g/mol. The van der Waals surface area contributed by atoms with E-state index in [-0.39, 0.29) is 18.6 Å². The first kappa shape index (κ1) is 27.2. The molecule has 0 saturated carbocycles. The van der Waals surface area contributed by atoms with Gasteiger partial charge in [-0.05, 0) is 48.9 Å². The Morgan fingerprint density at radius 3 is 2.85 bits per heavy atom. The Bertz CT molecular complexity index is 1390. The summed E-state index contributed by atoms with van der Waals surface area (Å²) in [6.45, 7) is 6.27. The number of para-hydroxylation sites is 1. The van der Waals surface area contributed by atoms with Crippen molar-refractivity contribution in [2.75, 3.05) is 44.5 Å². The van der Waals surface area contributed by atoms with Crippen molar-refractivity contribution in [2.45, 2.75) is 51.7 Å². The highest BCUT2D eigenvalue weighted by atomic mass is 16.5. The van der Waals surface area contributed by atoms with Crippen molar-refractivity contribution in [1.29, 1.82) is 0 Å². The van der Waals surface area contributed by atoms with Crippen molar-refractivity contribution in [2.24, 2.45) is 5.92 Å². The maximum atomic E-state index is 9.65. The van der Waals surface area contributed by atoms with Gasteiger partial charge in [-0.1, -0.05) is 37.6 Å². The van der Waals surface area contributed by atoms with Crippen LogP contribution in [-0.2, 0) is 17.8 Å². The summed E-state index contributed by atoms with van der Waals surface area (Å²) >= 11 is 0. The zero-order valence-electron chi connectivity index (χ0n) is 22.9. The van der Waals surface area contributed by atoms with Crippen LogP contribution in [-0.4, -0.2) is 59.2 Å². The second-order valence-electron chi connectivity index (χ2n) is 10.4. The molecule has 39 heavy (non-hydrogen) atoms. The number of rotatable bonds is 13. The summed E-state index contributed by atoms with van der Waals surface area (Å²) in [5.41, 5.74) is 11.2. The van der Waals surface area contributed by atoms with Gasteiger partial charge in [0.05, 0.1) is 25.8 Å². The summed E-state index contributed by atoms with van der Waals surface area (Å²) in [7, 11) is 1.71. The highest BCUT2D eigenvalue weighted by Gasteiger charge is 2.21. The first-order chi connectivity index (χ1) is 19.1. The lowest BCUT2D eigenvalue weighted by atomic mass is 10.1. The molecule has 4 aromatic rings. The van der Waals surface area contributed by atoms with E-state index >= 15 is 0 Å². The van der Waals surface area contributed by atoms with Crippen LogP contribution in [0.5, 0.6) is 5.75 Å². The second kappa shape index (κ2) is 12.6. The first-order valence-electron chi connectivity index (χ1n) is 14.0. The molecule has 2 aromatic carbocycles. The molecule has 0 spiro atoms. The maximum absolute atomic E-state index is 9.65. The molecule has 2 aromatic heterocycles. The van der Waals surface area contributed by atoms with E-state index in [2.05, 4.69) is 56.4 Å². The Balaban J connectivity index is 1.53. The average molecular weight is 533 g/mol. The molecular weight excluding hydrogens is 492 g/mol. The molecule has 0 aliphatic carbocycles. The largest absolute Gasteiger partial charge is 0.496 e. The zero-order chi connectivity index (χ0) is 27.2. The van der Waals surface area contributed by atoms with Gasteiger partial charge in [-0.3, -0.25) is 0 Å². The lowest BCUT2D eigenvalue weighted by Crippen LogP contribution is -2.23. The van der Waals surface area contributed by atoms with E-state index in [1.165, 1.54) is 5.56 Å². The van der Waals surface area contributed by atoms with Crippen molar-refractivity contribution in [3.05, 3.63) is 53.6 Å². The van der Waals surface area contributed by atoms with E-state index in [1.54, 1.807) is 7.11 Å². The fourth-order valence-corrected chi connectivity index (χ4v) is 5.60. The number of aliphatic hydroxyl groups is 1. The van der Waals surface area contributed by atoms with E-state index in [0.29, 0.717) is 24.7 Å². The normalized spacial score (nSPS) is 16.2. The van der Waals surface area contributed by atoms with Gasteiger partial charge in [0.2, 0.25) is 5.95 Å². The standard InChI is InChI=1S/C30H40N6O3/c1-3-6-23(11-13-37)33-29-28-27(34-30(31)35-29)24-7-4-5-8-25(24)36(28)18-22-15-20(9-10-26(22)38-2)16-32-17-21-12-14-39-19-21/h4-5,7-10,15,21,23,32,37H,3,6,11-14,16-19H2,1-2H3,(H3,31,33,34,35)/t21-,23+/m1/s1. The minimum atomic E-state index is 0.0816. The highest BCUT2D eigenvalue weighted by Crippen LogP contribution is 2.34. The number of nitrogens with one attached hydrogen (secondary N) is 2. The van der Waals surface area contributed by atoms with Crippen LogP contribution in [0.2, 0.25) is 0 Å². The molecule has 0 amide bonds. The summed E-state index contributed by atoms with van der Waals surface area (Å²) in [6.07, 6.45) is 3.67. The topological polar surface area (TPSA) is 119 Å². The summed E-state index contributed by atoms with van der Waals surface area (Å²) in [5.74, 6) is 2.34. The lowest BCUT2D eigenvalue weighted by molar-refractivity contribution is 0.185. The minimum absolute atomic E-state index is 0.0816. The molecule has 1 aliphatic heterocycles. The molecule has 0 radical (unpaired) electrons. The van der Waals surface area contributed by atoms with Crippen molar-refractivity contribution in [1.82, 2.24) is 19.9 Å². The molecule has 0 bridgehead atoms. The van der Waals surface area contributed by atoms with Gasteiger partial charge in [-0.15, -0.1) is 0 Å². The van der Waals surface area contributed by atoms with Gasteiger partial charge in [-0.25, -0.2) is 4.98 Å². The quantitative estimate of drug-likeness (QED) is 0.201. The number of fused-ring (bicyclic) bond motifs is 3. The predicted octanol–water partition coefficient (Wildman–Crippen LogP) is 4.31. The van der Waals surface area contributed by atoms with Crippen LogP contribution in [0.15, 0.2) is 42.5 Å². The van der Waals surface area contributed by atoms with E-state index in [0.717, 1.165) is 78.8 Å². The third kappa shape index (κ3) is 6.11. The molecule has 9 nitrogen and oxygen atoms in total. The number of ether oxygens (including phenoxy) is 2. The Morgan fingerprint density at radius 1 is 1.21 bits per heavy atom. The van der Waals surface area contributed by atoms with E-state index in [1.807, 2.05) is 18.2 Å². The van der Waals surface area contributed by atoms with Gasteiger partial charge in [-0.2, -0.15) is 4.98 Å². The number of nitrogens with two attached hydrogens (primary N) is 1. The number of aliphatic hydroxyl groups excluding tert-OH is 1. The Kier molecular flexibility index (Phi) is 8.81. The number of hydrogen-bond acceptors (Lipinski definition) is 8. The minimum Gasteiger partial charge on any atom is -0.496 e. The third-order valence-corrected chi connectivity index (χ3v) is 7.54. The number of nitrogen functional groups attached to an aromatic ring is 1. The van der Waals surface area contributed by atoms with Crippen LogP contribution in [0.25, 0.3) is 21.9 Å². The van der Waals surface area contributed by atoms with Gasteiger partial charge in [0.15, 0.2) is 5.82 Å². The van der Waals surface area contributed by atoms with Crippen LogP contribution in [0.3, 0.4) is 0 Å². The number of benzene rings is 2. The number of aromatic nitrogens is 3. The van der Waals surface area contributed by atoms with Crippen LogP contribution < -0.4 is 21.1 Å². The van der Waals surface area contributed by atoms with Gasteiger partial charge in [0.1, 0.15) is 16.8 Å².